The van der Waals surface area contributed by atoms with Crippen molar-refractivity contribution in [1.82, 2.24) is 9.29 Å². The third-order valence-corrected chi connectivity index (χ3v) is 8.09. The fraction of sp³-hybridized carbons (Fsp3) is 0.250. The Kier molecular flexibility index (Phi) is 7.36. The van der Waals surface area contributed by atoms with Crippen LogP contribution in [0.25, 0.3) is 11.1 Å². The van der Waals surface area contributed by atoms with Gasteiger partial charge in [-0.2, -0.15) is 17.5 Å². The number of hydrogen-bond acceptors (Lipinski definition) is 6. The van der Waals surface area contributed by atoms with Gasteiger partial charge in [-0.25, -0.2) is 13.4 Å². The van der Waals surface area contributed by atoms with Crippen LogP contribution >= 0.6 is 11.6 Å². The maximum Gasteiger partial charge on any atom is 0.416 e. The molecule has 0 atom stereocenters. The van der Waals surface area contributed by atoms with Crippen LogP contribution in [0.2, 0.25) is 5.15 Å². The molecule has 3 aromatic rings. The van der Waals surface area contributed by atoms with E-state index in [1.807, 2.05) is 0 Å². The van der Waals surface area contributed by atoms with Gasteiger partial charge in [0.15, 0.2) is 0 Å². The van der Waals surface area contributed by atoms with E-state index >= 15 is 0 Å². The molecule has 2 heterocycles. The van der Waals surface area contributed by atoms with Gasteiger partial charge in [0.25, 0.3) is 0 Å². The standard InChI is InChI=1S/C24H22ClF3N4O4S/c1-36-19-12-15(17-4-2-3-5-18(17)23(29)33)6-7-20(19)37(34,35)32-10-8-31(9-11-32)22-14-16(24(26,27)28)13-21(25)30-22/h2-7,12-14H,8-11H2,1H3,(H2,29,33). The van der Waals surface area contributed by atoms with Gasteiger partial charge < -0.3 is 15.4 Å². The van der Waals surface area contributed by atoms with Crippen LogP contribution < -0.4 is 15.4 Å². The molecule has 8 nitrogen and oxygen atoms in total. The third kappa shape index (κ3) is 5.50. The van der Waals surface area contributed by atoms with E-state index < -0.39 is 27.7 Å². The minimum absolute atomic E-state index is 0.00723. The molecular formula is C24H22ClF3N4O4S. The van der Waals surface area contributed by atoms with Gasteiger partial charge in [0.2, 0.25) is 15.9 Å². The van der Waals surface area contributed by atoms with E-state index in [4.69, 9.17) is 22.1 Å². The SMILES string of the molecule is COc1cc(-c2ccccc2C(N)=O)ccc1S(=O)(=O)N1CCN(c2cc(C(F)(F)F)cc(Cl)n2)CC1. The van der Waals surface area contributed by atoms with Crippen LogP contribution in [0.15, 0.2) is 59.5 Å². The smallest absolute Gasteiger partial charge is 0.416 e. The summed E-state index contributed by atoms with van der Waals surface area (Å²) in [7, 11) is -2.68. The van der Waals surface area contributed by atoms with Crippen LogP contribution in [0.4, 0.5) is 19.0 Å². The van der Waals surface area contributed by atoms with Crippen LogP contribution in [-0.4, -0.2) is 56.9 Å². The summed E-state index contributed by atoms with van der Waals surface area (Å²) in [6.07, 6.45) is -4.59. The van der Waals surface area contributed by atoms with Crippen LogP contribution in [-0.2, 0) is 16.2 Å². The zero-order valence-electron chi connectivity index (χ0n) is 19.5. The van der Waals surface area contributed by atoms with Gasteiger partial charge >= 0.3 is 6.18 Å². The summed E-state index contributed by atoms with van der Waals surface area (Å²) in [4.78, 5) is 17.3. The van der Waals surface area contributed by atoms with Gasteiger partial charge in [0.05, 0.1) is 12.7 Å². The Bertz CT molecular complexity index is 1440. The van der Waals surface area contributed by atoms with Crippen molar-refractivity contribution in [3.05, 3.63) is 70.9 Å². The van der Waals surface area contributed by atoms with Crippen molar-refractivity contribution in [3.8, 4) is 16.9 Å². The highest BCUT2D eigenvalue weighted by molar-refractivity contribution is 7.89. The molecule has 0 radical (unpaired) electrons. The molecule has 0 unspecified atom stereocenters. The summed E-state index contributed by atoms with van der Waals surface area (Å²) < 4.78 is 73.0. The number of ether oxygens (including phenoxy) is 1. The summed E-state index contributed by atoms with van der Waals surface area (Å²) in [6.45, 7) is 0.229. The molecule has 2 N–H and O–H groups in total. The van der Waals surface area contributed by atoms with Gasteiger partial charge in [0.1, 0.15) is 21.6 Å². The third-order valence-electron chi connectivity index (χ3n) is 5.96. The number of halogens is 4. The largest absolute Gasteiger partial charge is 0.495 e. The molecule has 1 aliphatic rings. The predicted octanol–water partition coefficient (Wildman–Crippen LogP) is 4.04. The van der Waals surface area contributed by atoms with Gasteiger partial charge in [-0.1, -0.05) is 35.9 Å². The average Bonchev–Trinajstić information content (AvgIpc) is 2.87. The molecule has 1 amide bonds. The fourth-order valence-electron chi connectivity index (χ4n) is 4.10. The quantitative estimate of drug-likeness (QED) is 0.461. The molecule has 196 valence electrons. The number of carbonyl (C=O) groups is 1. The van der Waals surface area contributed by atoms with Crippen molar-refractivity contribution in [2.75, 3.05) is 38.2 Å². The monoisotopic (exact) mass is 554 g/mol. The van der Waals surface area contributed by atoms with Crippen LogP contribution in [0.1, 0.15) is 15.9 Å². The minimum atomic E-state index is -4.59. The Morgan fingerprint density at radius 2 is 1.73 bits per heavy atom. The summed E-state index contributed by atoms with van der Waals surface area (Å²) in [5.74, 6) is -0.530. The van der Waals surface area contributed by atoms with E-state index in [1.54, 1.807) is 35.2 Å². The molecule has 2 aromatic carbocycles. The number of aromatic nitrogens is 1. The second kappa shape index (κ2) is 10.2. The molecule has 1 fully saturated rings. The maximum atomic E-state index is 13.4. The summed E-state index contributed by atoms with van der Waals surface area (Å²) in [6, 6.07) is 12.7. The Morgan fingerprint density at radius 1 is 1.05 bits per heavy atom. The Morgan fingerprint density at radius 3 is 2.35 bits per heavy atom. The number of amides is 1. The maximum absolute atomic E-state index is 13.4. The Balaban J connectivity index is 1.57. The number of anilines is 1. The Labute approximate surface area is 216 Å². The van der Waals surface area contributed by atoms with Crippen molar-refractivity contribution in [2.45, 2.75) is 11.1 Å². The molecule has 1 saturated heterocycles. The Hall–Kier alpha value is -3.35. The molecule has 37 heavy (non-hydrogen) atoms. The van der Waals surface area contributed by atoms with E-state index in [9.17, 15) is 26.4 Å². The van der Waals surface area contributed by atoms with Crippen molar-refractivity contribution >= 4 is 33.3 Å². The van der Waals surface area contributed by atoms with E-state index in [0.717, 1.165) is 12.1 Å². The molecule has 13 heteroatoms. The highest BCUT2D eigenvalue weighted by Crippen LogP contribution is 2.35. The number of rotatable bonds is 6. The lowest BCUT2D eigenvalue weighted by Gasteiger charge is -2.35. The molecule has 4 rings (SSSR count). The first kappa shape index (κ1) is 26.7. The van der Waals surface area contributed by atoms with Crippen molar-refractivity contribution in [1.29, 1.82) is 0 Å². The van der Waals surface area contributed by atoms with Gasteiger partial charge in [-0.3, -0.25) is 4.79 Å². The fourth-order valence-corrected chi connectivity index (χ4v) is 5.87. The number of methoxy groups -OCH3 is 1. The first-order valence-electron chi connectivity index (χ1n) is 11.0. The minimum Gasteiger partial charge on any atom is -0.495 e. The van der Waals surface area contributed by atoms with Crippen molar-refractivity contribution in [2.24, 2.45) is 5.73 Å². The van der Waals surface area contributed by atoms with Crippen LogP contribution in [0.5, 0.6) is 5.75 Å². The summed E-state index contributed by atoms with van der Waals surface area (Å²) in [5, 5.41) is -0.303. The van der Waals surface area contributed by atoms with Crippen LogP contribution in [0.3, 0.4) is 0 Å². The lowest BCUT2D eigenvalue weighted by molar-refractivity contribution is -0.137. The topological polar surface area (TPSA) is 106 Å². The molecule has 0 saturated carbocycles. The molecule has 1 aromatic heterocycles. The molecule has 0 aliphatic carbocycles. The number of piperazine rings is 1. The second-order valence-corrected chi connectivity index (χ2v) is 10.5. The lowest BCUT2D eigenvalue weighted by Crippen LogP contribution is -2.49. The number of benzene rings is 2. The number of hydrogen-bond donors (Lipinski definition) is 1. The zero-order chi connectivity index (χ0) is 27.0. The summed E-state index contributed by atoms with van der Waals surface area (Å²) in [5.41, 5.74) is 5.88. The average molecular weight is 555 g/mol. The summed E-state index contributed by atoms with van der Waals surface area (Å²) >= 11 is 5.79. The number of nitrogens with two attached hydrogens (primary N) is 1. The number of sulfonamides is 1. The number of primary amides is 1. The highest BCUT2D eigenvalue weighted by Gasteiger charge is 2.34. The van der Waals surface area contributed by atoms with E-state index in [-0.39, 0.29) is 53.4 Å². The van der Waals surface area contributed by atoms with Gasteiger partial charge in [0, 0.05) is 31.7 Å². The number of nitrogens with zero attached hydrogens (tertiary/aromatic N) is 3. The number of pyridine rings is 1. The van der Waals surface area contributed by atoms with Gasteiger partial charge in [-0.05, 0) is 41.5 Å². The van der Waals surface area contributed by atoms with Crippen molar-refractivity contribution < 1.29 is 31.1 Å². The molecule has 0 spiro atoms. The second-order valence-electron chi connectivity index (χ2n) is 8.20. The normalized spacial score (nSPS) is 15.0. The number of alkyl halides is 3. The number of carbonyl (C=O) groups excluding carboxylic acids is 1. The predicted molar refractivity (Wildman–Crippen MR) is 132 cm³/mol. The first-order chi connectivity index (χ1) is 17.4. The molecular weight excluding hydrogens is 533 g/mol. The van der Waals surface area contributed by atoms with Crippen LogP contribution in [0, 0.1) is 0 Å². The van der Waals surface area contributed by atoms with E-state index in [0.29, 0.717) is 11.1 Å². The van der Waals surface area contributed by atoms with E-state index in [2.05, 4.69) is 4.98 Å². The lowest BCUT2D eigenvalue weighted by atomic mass is 9.99. The van der Waals surface area contributed by atoms with Crippen molar-refractivity contribution in [3.63, 3.8) is 0 Å². The zero-order valence-corrected chi connectivity index (χ0v) is 21.1. The molecule has 1 aliphatic heterocycles. The van der Waals surface area contributed by atoms with Gasteiger partial charge in [-0.15, -0.1) is 0 Å². The first-order valence-corrected chi connectivity index (χ1v) is 12.8. The highest BCUT2D eigenvalue weighted by atomic mass is 35.5. The van der Waals surface area contributed by atoms with E-state index in [1.165, 1.54) is 23.5 Å². The molecule has 0 bridgehead atoms.